The van der Waals surface area contributed by atoms with E-state index in [1.807, 2.05) is 24.3 Å². The van der Waals surface area contributed by atoms with E-state index in [2.05, 4.69) is 0 Å². The molecule has 0 spiro atoms. The van der Waals surface area contributed by atoms with Gasteiger partial charge >= 0.3 is 5.97 Å². The van der Waals surface area contributed by atoms with Gasteiger partial charge in [-0.2, -0.15) is 11.8 Å². The molecule has 1 rings (SSSR count). The van der Waals surface area contributed by atoms with Gasteiger partial charge < -0.3 is 14.9 Å². The molecule has 0 atom stereocenters. The number of aliphatic hydroxyl groups excluding tert-OH is 1. The average Bonchev–Trinajstić information content (AvgIpc) is 2.41. The average molecular weight is 282 g/mol. The number of thioether (sulfide) groups is 1. The highest BCUT2D eigenvalue weighted by Gasteiger charge is 1.95. The van der Waals surface area contributed by atoms with Crippen molar-refractivity contribution in [1.82, 2.24) is 0 Å². The van der Waals surface area contributed by atoms with Crippen LogP contribution in [0.3, 0.4) is 0 Å². The summed E-state index contributed by atoms with van der Waals surface area (Å²) in [5, 5.41) is 17.1. The molecule has 0 aliphatic rings. The Labute approximate surface area is 117 Å². The Morgan fingerprint density at radius 2 is 2.00 bits per heavy atom. The second-order valence-corrected chi connectivity index (χ2v) is 5.00. The fourth-order valence-corrected chi connectivity index (χ4v) is 2.07. The normalized spacial score (nSPS) is 10.8. The van der Waals surface area contributed by atoms with Gasteiger partial charge in [0.15, 0.2) is 0 Å². The van der Waals surface area contributed by atoms with Crippen LogP contribution in [0.1, 0.15) is 12.0 Å². The van der Waals surface area contributed by atoms with Crippen molar-refractivity contribution in [3.63, 3.8) is 0 Å². The van der Waals surface area contributed by atoms with Crippen molar-refractivity contribution in [2.45, 2.75) is 6.42 Å². The van der Waals surface area contributed by atoms with Crippen molar-refractivity contribution in [2.75, 3.05) is 24.7 Å². The van der Waals surface area contributed by atoms with Crippen LogP contribution in [-0.4, -0.2) is 40.9 Å². The van der Waals surface area contributed by atoms with Crippen LogP contribution in [-0.2, 0) is 4.79 Å². The standard InChI is InChI=1S/C14H18O4S/c15-8-1-10-19-11-9-18-13-5-2-12(3-6-13)4-7-14(16)17/h2-7,15H,1,8-11H2,(H,16,17). The minimum Gasteiger partial charge on any atom is -0.493 e. The number of benzene rings is 1. The van der Waals surface area contributed by atoms with Gasteiger partial charge in [0.1, 0.15) is 5.75 Å². The highest BCUT2D eigenvalue weighted by Crippen LogP contribution is 2.14. The van der Waals surface area contributed by atoms with E-state index in [0.717, 1.165) is 35.3 Å². The lowest BCUT2D eigenvalue weighted by Gasteiger charge is -2.06. The molecule has 0 fully saturated rings. The summed E-state index contributed by atoms with van der Waals surface area (Å²) in [6, 6.07) is 7.27. The first-order valence-electron chi connectivity index (χ1n) is 6.05. The lowest BCUT2D eigenvalue weighted by molar-refractivity contribution is -0.131. The van der Waals surface area contributed by atoms with E-state index in [0.29, 0.717) is 6.61 Å². The van der Waals surface area contributed by atoms with Crippen LogP contribution in [0.5, 0.6) is 5.75 Å². The Bertz CT molecular complexity index is 400. The predicted octanol–water partition coefficient (Wildman–Crippen LogP) is 2.28. The zero-order valence-electron chi connectivity index (χ0n) is 10.6. The predicted molar refractivity (Wildman–Crippen MR) is 77.6 cm³/mol. The summed E-state index contributed by atoms with van der Waals surface area (Å²) in [4.78, 5) is 10.4. The van der Waals surface area contributed by atoms with Gasteiger partial charge in [-0.15, -0.1) is 0 Å². The van der Waals surface area contributed by atoms with Crippen LogP contribution in [0.2, 0.25) is 0 Å². The van der Waals surface area contributed by atoms with Crippen LogP contribution < -0.4 is 4.74 Å². The van der Waals surface area contributed by atoms with Crippen molar-refractivity contribution in [1.29, 1.82) is 0 Å². The quantitative estimate of drug-likeness (QED) is 0.537. The summed E-state index contributed by atoms with van der Waals surface area (Å²) in [7, 11) is 0. The molecule has 4 nitrogen and oxygen atoms in total. The molecule has 0 aromatic heterocycles. The second kappa shape index (κ2) is 9.47. The maximum absolute atomic E-state index is 10.4. The molecule has 0 unspecified atom stereocenters. The molecule has 1 aromatic rings. The molecular weight excluding hydrogens is 264 g/mol. The van der Waals surface area contributed by atoms with E-state index in [1.54, 1.807) is 11.8 Å². The number of carboxylic acid groups (broad SMARTS) is 1. The smallest absolute Gasteiger partial charge is 0.328 e. The van der Waals surface area contributed by atoms with E-state index in [9.17, 15) is 4.79 Å². The monoisotopic (exact) mass is 282 g/mol. The van der Waals surface area contributed by atoms with E-state index in [1.165, 1.54) is 6.08 Å². The largest absolute Gasteiger partial charge is 0.493 e. The van der Waals surface area contributed by atoms with Crippen molar-refractivity contribution < 1.29 is 19.7 Å². The third-order valence-corrected chi connectivity index (χ3v) is 3.27. The van der Waals surface area contributed by atoms with E-state index >= 15 is 0 Å². The van der Waals surface area contributed by atoms with Crippen molar-refractivity contribution >= 4 is 23.8 Å². The summed E-state index contributed by atoms with van der Waals surface area (Å²) < 4.78 is 5.54. The second-order valence-electron chi connectivity index (χ2n) is 3.78. The summed E-state index contributed by atoms with van der Waals surface area (Å²) in [6.07, 6.45) is 3.46. The summed E-state index contributed by atoms with van der Waals surface area (Å²) in [6.45, 7) is 0.861. The van der Waals surface area contributed by atoms with Gasteiger partial charge in [0.25, 0.3) is 0 Å². The highest BCUT2D eigenvalue weighted by molar-refractivity contribution is 7.99. The minimum atomic E-state index is -0.958. The zero-order chi connectivity index (χ0) is 13.9. The van der Waals surface area contributed by atoms with Crippen LogP contribution in [0.25, 0.3) is 6.08 Å². The van der Waals surface area contributed by atoms with Crippen molar-refractivity contribution in [2.24, 2.45) is 0 Å². The molecule has 1 aromatic carbocycles. The van der Waals surface area contributed by atoms with Gasteiger partial charge in [0.2, 0.25) is 0 Å². The summed E-state index contributed by atoms with van der Waals surface area (Å²) in [5.74, 6) is 1.65. The Morgan fingerprint density at radius 1 is 1.26 bits per heavy atom. The maximum atomic E-state index is 10.4. The first-order chi connectivity index (χ1) is 9.22. The number of carboxylic acids is 1. The molecule has 0 heterocycles. The van der Waals surface area contributed by atoms with Gasteiger partial charge in [-0.25, -0.2) is 4.79 Å². The fourth-order valence-electron chi connectivity index (χ4n) is 1.33. The lowest BCUT2D eigenvalue weighted by atomic mass is 10.2. The van der Waals surface area contributed by atoms with Gasteiger partial charge in [0, 0.05) is 18.4 Å². The number of ether oxygens (including phenoxy) is 1. The molecule has 0 saturated carbocycles. The Kier molecular flexibility index (Phi) is 7.77. The fraction of sp³-hybridized carbons (Fsp3) is 0.357. The van der Waals surface area contributed by atoms with Crippen LogP contribution in [0.4, 0.5) is 0 Å². The van der Waals surface area contributed by atoms with E-state index < -0.39 is 5.97 Å². The number of rotatable bonds is 9. The molecule has 19 heavy (non-hydrogen) atoms. The first kappa shape index (κ1) is 15.6. The van der Waals surface area contributed by atoms with Gasteiger partial charge in [-0.05, 0) is 35.9 Å². The van der Waals surface area contributed by atoms with Crippen molar-refractivity contribution in [3.05, 3.63) is 35.9 Å². The summed E-state index contributed by atoms with van der Waals surface area (Å²) in [5.41, 5.74) is 0.826. The molecule has 0 aliphatic carbocycles. The third-order valence-electron chi connectivity index (χ3n) is 2.24. The topological polar surface area (TPSA) is 66.8 Å². The van der Waals surface area contributed by atoms with E-state index in [-0.39, 0.29) is 6.61 Å². The molecule has 0 bridgehead atoms. The van der Waals surface area contributed by atoms with Crippen LogP contribution >= 0.6 is 11.8 Å². The number of aliphatic hydroxyl groups is 1. The zero-order valence-corrected chi connectivity index (χ0v) is 11.4. The van der Waals surface area contributed by atoms with Crippen LogP contribution in [0.15, 0.2) is 30.3 Å². The van der Waals surface area contributed by atoms with Crippen LogP contribution in [0, 0.1) is 0 Å². The molecule has 0 saturated heterocycles. The number of hydrogen-bond donors (Lipinski definition) is 2. The molecule has 104 valence electrons. The molecule has 0 aliphatic heterocycles. The molecule has 2 N–H and O–H groups in total. The number of hydrogen-bond acceptors (Lipinski definition) is 4. The molecule has 0 radical (unpaired) electrons. The van der Waals surface area contributed by atoms with Gasteiger partial charge in [-0.1, -0.05) is 12.1 Å². The Balaban J connectivity index is 2.26. The number of aliphatic carboxylic acids is 1. The Hall–Kier alpha value is -1.46. The number of carbonyl (C=O) groups is 1. The highest BCUT2D eigenvalue weighted by atomic mass is 32.2. The van der Waals surface area contributed by atoms with Crippen molar-refractivity contribution in [3.8, 4) is 5.75 Å². The molecule has 0 amide bonds. The van der Waals surface area contributed by atoms with Gasteiger partial charge in [0.05, 0.1) is 6.61 Å². The van der Waals surface area contributed by atoms with E-state index in [4.69, 9.17) is 14.9 Å². The summed E-state index contributed by atoms with van der Waals surface area (Å²) >= 11 is 1.75. The minimum absolute atomic E-state index is 0.235. The maximum Gasteiger partial charge on any atom is 0.328 e. The Morgan fingerprint density at radius 3 is 2.63 bits per heavy atom. The third kappa shape index (κ3) is 7.54. The molecule has 5 heteroatoms. The lowest BCUT2D eigenvalue weighted by Crippen LogP contribution is -2.01. The SMILES string of the molecule is O=C(O)C=Cc1ccc(OCCSCCCO)cc1. The first-order valence-corrected chi connectivity index (χ1v) is 7.20. The van der Waals surface area contributed by atoms with Gasteiger partial charge in [-0.3, -0.25) is 0 Å². The molecular formula is C14H18O4S.